The molecular weight excluding hydrogens is 332 g/mol. The third kappa shape index (κ3) is 5.67. The van der Waals surface area contributed by atoms with Crippen molar-refractivity contribution in [3.63, 3.8) is 0 Å². The van der Waals surface area contributed by atoms with Crippen LogP contribution in [0.5, 0.6) is 0 Å². The average Bonchev–Trinajstić information content (AvgIpc) is 2.62. The van der Waals surface area contributed by atoms with Gasteiger partial charge in [0.1, 0.15) is 0 Å². The van der Waals surface area contributed by atoms with E-state index in [4.69, 9.17) is 10.8 Å². The normalized spacial score (nSPS) is 13.8. The molecule has 1 fully saturated rings. The van der Waals surface area contributed by atoms with Gasteiger partial charge in [-0.15, -0.1) is 0 Å². The molecule has 3 rings (SSSR count). The minimum Gasteiger partial charge on any atom is -0.478 e. The molecule has 1 aliphatic rings. The first-order chi connectivity index (χ1) is 12.3. The van der Waals surface area contributed by atoms with Crippen LogP contribution in [0.15, 0.2) is 48.5 Å². The van der Waals surface area contributed by atoms with E-state index in [1.54, 1.807) is 36.4 Å². The van der Waals surface area contributed by atoms with Crippen molar-refractivity contribution in [2.45, 2.75) is 45.6 Å². The van der Waals surface area contributed by atoms with Crippen LogP contribution in [-0.2, 0) is 5.54 Å². The lowest BCUT2D eigenvalue weighted by molar-refractivity contribution is -0.384. The number of hydrogen-bond acceptors (Lipinski definition) is 4. The van der Waals surface area contributed by atoms with Crippen molar-refractivity contribution >= 4 is 11.7 Å². The van der Waals surface area contributed by atoms with Crippen LogP contribution in [0.4, 0.5) is 5.69 Å². The van der Waals surface area contributed by atoms with Crippen molar-refractivity contribution in [2.24, 2.45) is 5.73 Å². The molecule has 6 nitrogen and oxygen atoms in total. The predicted molar refractivity (Wildman–Crippen MR) is 102 cm³/mol. The summed E-state index contributed by atoms with van der Waals surface area (Å²) in [6.45, 7) is 5.92. The van der Waals surface area contributed by atoms with Gasteiger partial charge in [-0.1, -0.05) is 43.7 Å². The van der Waals surface area contributed by atoms with Crippen LogP contribution in [-0.4, -0.2) is 16.0 Å². The quantitative estimate of drug-likeness (QED) is 0.613. The van der Waals surface area contributed by atoms with E-state index in [2.05, 4.69) is 0 Å². The standard InChI is InChI=1S/C10H12N2O2.C8H8O2.C2H6/c11-10(6-1-7-10)8-2-4-9(5-3-8)12(13)14;1-6-2-4-7(5-3-6)8(9)10;1-2/h2-5H,1,6-7,11H2;2-5H,1H3,(H,9,10);1-2H3. The third-order valence-electron chi connectivity index (χ3n) is 4.20. The third-order valence-corrected chi connectivity index (χ3v) is 4.20. The number of nitrogens with zero attached hydrogens (tertiary/aromatic N) is 1. The molecule has 0 spiro atoms. The Hall–Kier alpha value is -2.73. The largest absolute Gasteiger partial charge is 0.478 e. The fraction of sp³-hybridized carbons (Fsp3) is 0.350. The maximum Gasteiger partial charge on any atom is 0.335 e. The number of aromatic carboxylic acids is 1. The van der Waals surface area contributed by atoms with Gasteiger partial charge in [-0.25, -0.2) is 4.79 Å². The fourth-order valence-corrected chi connectivity index (χ4v) is 2.46. The van der Waals surface area contributed by atoms with E-state index in [9.17, 15) is 14.9 Å². The molecule has 1 saturated carbocycles. The van der Waals surface area contributed by atoms with E-state index >= 15 is 0 Å². The number of aryl methyl sites for hydroxylation is 1. The zero-order chi connectivity index (χ0) is 19.7. The Morgan fingerprint density at radius 3 is 1.92 bits per heavy atom. The molecule has 1 aliphatic carbocycles. The van der Waals surface area contributed by atoms with Crippen molar-refractivity contribution in [1.29, 1.82) is 0 Å². The molecule has 0 radical (unpaired) electrons. The zero-order valence-corrected chi connectivity index (χ0v) is 15.4. The molecular formula is C20H26N2O4. The number of nitro groups is 1. The fourth-order valence-electron chi connectivity index (χ4n) is 2.46. The molecule has 2 aromatic carbocycles. The highest BCUT2D eigenvalue weighted by atomic mass is 16.6. The average molecular weight is 358 g/mol. The van der Waals surface area contributed by atoms with Crippen LogP contribution in [0.25, 0.3) is 0 Å². The number of rotatable bonds is 3. The summed E-state index contributed by atoms with van der Waals surface area (Å²) in [7, 11) is 0. The second-order valence-corrected chi connectivity index (χ2v) is 5.98. The van der Waals surface area contributed by atoms with Crippen molar-refractivity contribution in [2.75, 3.05) is 0 Å². The van der Waals surface area contributed by atoms with Crippen LogP contribution < -0.4 is 5.73 Å². The first kappa shape index (κ1) is 21.3. The summed E-state index contributed by atoms with van der Waals surface area (Å²) < 4.78 is 0. The number of nitro benzene ring substituents is 1. The SMILES string of the molecule is CC.Cc1ccc(C(=O)O)cc1.NC1(c2ccc([N+](=O)[O-])cc2)CCC1. The van der Waals surface area contributed by atoms with Gasteiger partial charge in [0, 0.05) is 17.7 Å². The number of hydrogen-bond donors (Lipinski definition) is 2. The monoisotopic (exact) mass is 358 g/mol. The van der Waals surface area contributed by atoms with Crippen molar-refractivity contribution in [3.8, 4) is 0 Å². The maximum atomic E-state index is 10.4. The Morgan fingerprint density at radius 1 is 1.08 bits per heavy atom. The molecule has 0 aliphatic heterocycles. The Balaban J connectivity index is 0.000000249. The summed E-state index contributed by atoms with van der Waals surface area (Å²) >= 11 is 0. The van der Waals surface area contributed by atoms with E-state index < -0.39 is 10.9 Å². The van der Waals surface area contributed by atoms with Crippen LogP contribution in [0, 0.1) is 17.0 Å². The van der Waals surface area contributed by atoms with E-state index in [-0.39, 0.29) is 11.2 Å². The molecule has 2 aromatic rings. The number of nitrogens with two attached hydrogens (primary N) is 1. The molecule has 0 saturated heterocycles. The molecule has 3 N–H and O–H groups in total. The first-order valence-corrected chi connectivity index (χ1v) is 8.66. The molecule has 0 amide bonds. The molecule has 0 bridgehead atoms. The van der Waals surface area contributed by atoms with Crippen LogP contribution in [0.2, 0.25) is 0 Å². The molecule has 140 valence electrons. The number of carboxylic acids is 1. The van der Waals surface area contributed by atoms with E-state index in [1.165, 1.54) is 12.1 Å². The number of carboxylic acid groups (broad SMARTS) is 1. The summed E-state index contributed by atoms with van der Waals surface area (Å²) in [6, 6.07) is 13.3. The van der Waals surface area contributed by atoms with Gasteiger partial charge in [0.15, 0.2) is 0 Å². The second kappa shape index (κ2) is 9.68. The Bertz CT molecular complexity index is 720. The number of non-ortho nitro benzene ring substituents is 1. The van der Waals surface area contributed by atoms with Gasteiger partial charge >= 0.3 is 5.97 Å². The highest BCUT2D eigenvalue weighted by molar-refractivity contribution is 5.87. The summed E-state index contributed by atoms with van der Waals surface area (Å²) in [5, 5.41) is 18.9. The van der Waals surface area contributed by atoms with Crippen molar-refractivity contribution in [3.05, 3.63) is 75.3 Å². The van der Waals surface area contributed by atoms with Gasteiger partial charge in [-0.3, -0.25) is 10.1 Å². The highest BCUT2D eigenvalue weighted by Gasteiger charge is 2.34. The molecule has 26 heavy (non-hydrogen) atoms. The van der Waals surface area contributed by atoms with E-state index in [0.29, 0.717) is 5.56 Å². The summed E-state index contributed by atoms with van der Waals surface area (Å²) in [6.07, 6.45) is 3.10. The van der Waals surface area contributed by atoms with E-state index in [1.807, 2.05) is 20.8 Å². The van der Waals surface area contributed by atoms with Gasteiger partial charge < -0.3 is 10.8 Å². The second-order valence-electron chi connectivity index (χ2n) is 5.98. The minimum atomic E-state index is -0.875. The molecule has 0 heterocycles. The van der Waals surface area contributed by atoms with E-state index in [0.717, 1.165) is 30.4 Å². The van der Waals surface area contributed by atoms with Crippen LogP contribution in [0.1, 0.15) is 54.6 Å². The van der Waals surface area contributed by atoms with Gasteiger partial charge in [0.05, 0.1) is 10.5 Å². The van der Waals surface area contributed by atoms with Gasteiger partial charge in [-0.05, 0) is 43.9 Å². The topological polar surface area (TPSA) is 106 Å². The zero-order valence-electron chi connectivity index (χ0n) is 15.4. The van der Waals surface area contributed by atoms with Gasteiger partial charge in [0.25, 0.3) is 5.69 Å². The lowest BCUT2D eigenvalue weighted by Crippen LogP contribution is -2.43. The number of carbonyl (C=O) groups is 1. The lowest BCUT2D eigenvalue weighted by Gasteiger charge is -2.38. The smallest absolute Gasteiger partial charge is 0.335 e. The first-order valence-electron chi connectivity index (χ1n) is 8.66. The lowest BCUT2D eigenvalue weighted by atomic mass is 9.73. The van der Waals surface area contributed by atoms with Crippen LogP contribution >= 0.6 is 0 Å². The van der Waals surface area contributed by atoms with Crippen molar-refractivity contribution < 1.29 is 14.8 Å². The maximum absolute atomic E-state index is 10.4. The number of benzene rings is 2. The van der Waals surface area contributed by atoms with Gasteiger partial charge in [0.2, 0.25) is 0 Å². The predicted octanol–water partition coefficient (Wildman–Crippen LogP) is 4.65. The molecule has 0 aromatic heterocycles. The minimum absolute atomic E-state index is 0.122. The highest BCUT2D eigenvalue weighted by Crippen LogP contribution is 2.38. The summed E-state index contributed by atoms with van der Waals surface area (Å²) in [5.74, 6) is -0.875. The molecule has 0 atom stereocenters. The van der Waals surface area contributed by atoms with Crippen molar-refractivity contribution in [1.82, 2.24) is 0 Å². The molecule has 0 unspecified atom stereocenters. The van der Waals surface area contributed by atoms with Gasteiger partial charge in [-0.2, -0.15) is 0 Å². The summed E-state index contributed by atoms with van der Waals surface area (Å²) in [5.41, 5.74) is 8.40. The molecule has 6 heteroatoms. The Morgan fingerprint density at radius 2 is 1.58 bits per heavy atom. The Kier molecular flexibility index (Phi) is 7.93. The van der Waals surface area contributed by atoms with Crippen LogP contribution in [0.3, 0.4) is 0 Å². The summed E-state index contributed by atoms with van der Waals surface area (Å²) in [4.78, 5) is 20.3. The Labute approximate surface area is 153 Å².